The van der Waals surface area contributed by atoms with E-state index in [9.17, 15) is 0 Å². The van der Waals surface area contributed by atoms with Crippen molar-refractivity contribution in [2.24, 2.45) is 0 Å². The lowest BCUT2D eigenvalue weighted by atomic mass is 10.2. The van der Waals surface area contributed by atoms with Crippen LogP contribution in [0.3, 0.4) is 0 Å². The summed E-state index contributed by atoms with van der Waals surface area (Å²) < 4.78 is 10.8. The van der Waals surface area contributed by atoms with Gasteiger partial charge in [0.1, 0.15) is 11.5 Å². The summed E-state index contributed by atoms with van der Waals surface area (Å²) in [5.41, 5.74) is 1.14. The summed E-state index contributed by atoms with van der Waals surface area (Å²) in [5.74, 6) is 1.81. The molecule has 0 aliphatic carbocycles. The Labute approximate surface area is 141 Å². The SMILES string of the molecule is COc1ccccc1N1CCN(C(=S)NCc2ccco2)CC1. The third kappa shape index (κ3) is 3.76. The van der Waals surface area contributed by atoms with Crippen molar-refractivity contribution in [2.45, 2.75) is 6.54 Å². The minimum Gasteiger partial charge on any atom is -0.495 e. The van der Waals surface area contributed by atoms with Crippen LogP contribution in [-0.2, 0) is 6.54 Å². The Morgan fingerprint density at radius 2 is 1.96 bits per heavy atom. The van der Waals surface area contributed by atoms with E-state index < -0.39 is 0 Å². The van der Waals surface area contributed by atoms with Crippen LogP contribution in [0.2, 0.25) is 0 Å². The number of thiocarbonyl (C=S) groups is 1. The van der Waals surface area contributed by atoms with Gasteiger partial charge in [-0.15, -0.1) is 0 Å². The molecule has 1 fully saturated rings. The summed E-state index contributed by atoms with van der Waals surface area (Å²) in [6, 6.07) is 12.0. The molecule has 122 valence electrons. The van der Waals surface area contributed by atoms with Crippen LogP contribution in [0.1, 0.15) is 5.76 Å². The molecule has 0 amide bonds. The molecule has 0 spiro atoms. The van der Waals surface area contributed by atoms with E-state index in [0.29, 0.717) is 6.54 Å². The lowest BCUT2D eigenvalue weighted by Gasteiger charge is -2.37. The second kappa shape index (κ2) is 7.37. The number of nitrogens with one attached hydrogen (secondary N) is 1. The van der Waals surface area contributed by atoms with Gasteiger partial charge in [0, 0.05) is 26.2 Å². The van der Waals surface area contributed by atoms with Crippen LogP contribution in [-0.4, -0.2) is 43.3 Å². The Kier molecular flexibility index (Phi) is 5.02. The van der Waals surface area contributed by atoms with E-state index >= 15 is 0 Å². The topological polar surface area (TPSA) is 40.9 Å². The molecule has 1 aliphatic rings. The fourth-order valence-electron chi connectivity index (χ4n) is 2.73. The Morgan fingerprint density at radius 3 is 2.65 bits per heavy atom. The van der Waals surface area contributed by atoms with E-state index in [2.05, 4.69) is 21.2 Å². The maximum atomic E-state index is 5.48. The fraction of sp³-hybridized carbons (Fsp3) is 0.353. The molecule has 0 saturated carbocycles. The standard InChI is InChI=1S/C17H21N3O2S/c1-21-16-7-3-2-6-15(16)19-8-10-20(11-9-19)17(23)18-13-14-5-4-12-22-14/h2-7,12H,8-11,13H2,1H3,(H,18,23). The number of hydrogen-bond donors (Lipinski definition) is 1. The van der Waals surface area contributed by atoms with E-state index in [4.69, 9.17) is 21.4 Å². The number of furan rings is 1. The molecule has 1 aromatic carbocycles. The third-order valence-electron chi connectivity index (χ3n) is 3.99. The first-order valence-corrected chi connectivity index (χ1v) is 8.12. The quantitative estimate of drug-likeness (QED) is 0.868. The number of piperazine rings is 1. The van der Waals surface area contributed by atoms with Crippen molar-refractivity contribution < 1.29 is 9.15 Å². The van der Waals surface area contributed by atoms with Crippen molar-refractivity contribution in [1.82, 2.24) is 10.2 Å². The molecule has 23 heavy (non-hydrogen) atoms. The summed E-state index contributed by atoms with van der Waals surface area (Å²) in [5, 5.41) is 4.03. The van der Waals surface area contributed by atoms with Gasteiger partial charge in [-0.1, -0.05) is 12.1 Å². The van der Waals surface area contributed by atoms with Crippen molar-refractivity contribution in [1.29, 1.82) is 0 Å². The molecule has 0 radical (unpaired) electrons. The molecule has 6 heteroatoms. The second-order valence-corrected chi connectivity index (χ2v) is 5.77. The molecule has 1 saturated heterocycles. The van der Waals surface area contributed by atoms with Crippen LogP contribution in [0.4, 0.5) is 5.69 Å². The van der Waals surface area contributed by atoms with Crippen LogP contribution < -0.4 is 15.0 Å². The zero-order chi connectivity index (χ0) is 16.1. The molecule has 1 aliphatic heterocycles. The molecule has 0 bridgehead atoms. The van der Waals surface area contributed by atoms with Gasteiger partial charge in [0.05, 0.1) is 25.6 Å². The van der Waals surface area contributed by atoms with E-state index in [-0.39, 0.29) is 0 Å². The van der Waals surface area contributed by atoms with Crippen LogP contribution in [0.5, 0.6) is 5.75 Å². The second-order valence-electron chi connectivity index (χ2n) is 5.38. The predicted molar refractivity (Wildman–Crippen MR) is 94.9 cm³/mol. The Morgan fingerprint density at radius 1 is 1.17 bits per heavy atom. The lowest BCUT2D eigenvalue weighted by molar-refractivity contribution is 0.371. The van der Waals surface area contributed by atoms with Crippen molar-refractivity contribution >= 4 is 23.0 Å². The van der Waals surface area contributed by atoms with Crippen LogP contribution in [0.25, 0.3) is 0 Å². The monoisotopic (exact) mass is 331 g/mol. The van der Waals surface area contributed by atoms with Gasteiger partial charge < -0.3 is 24.3 Å². The van der Waals surface area contributed by atoms with Gasteiger partial charge in [-0.25, -0.2) is 0 Å². The maximum absolute atomic E-state index is 5.48. The van der Waals surface area contributed by atoms with Gasteiger partial charge >= 0.3 is 0 Å². The highest BCUT2D eigenvalue weighted by atomic mass is 32.1. The molecule has 0 atom stereocenters. The average molecular weight is 331 g/mol. The van der Waals surface area contributed by atoms with E-state index in [1.807, 2.05) is 30.3 Å². The number of benzene rings is 1. The fourth-order valence-corrected chi connectivity index (χ4v) is 2.98. The minimum absolute atomic E-state index is 0.624. The highest BCUT2D eigenvalue weighted by Crippen LogP contribution is 2.28. The van der Waals surface area contributed by atoms with Crippen molar-refractivity contribution in [3.05, 3.63) is 48.4 Å². The molecule has 2 aromatic rings. The zero-order valence-electron chi connectivity index (χ0n) is 13.2. The number of nitrogens with zero attached hydrogens (tertiary/aromatic N) is 2. The average Bonchev–Trinajstić information content (AvgIpc) is 3.13. The molecule has 1 N–H and O–H groups in total. The normalized spacial score (nSPS) is 14.7. The summed E-state index contributed by atoms with van der Waals surface area (Å²) in [7, 11) is 1.71. The number of rotatable bonds is 4. The Hall–Kier alpha value is -2.21. The lowest BCUT2D eigenvalue weighted by Crippen LogP contribution is -2.51. The van der Waals surface area contributed by atoms with Crippen LogP contribution in [0, 0.1) is 0 Å². The van der Waals surface area contributed by atoms with Crippen LogP contribution >= 0.6 is 12.2 Å². The molecule has 2 heterocycles. The summed E-state index contributed by atoms with van der Waals surface area (Å²) >= 11 is 5.48. The zero-order valence-corrected chi connectivity index (χ0v) is 14.0. The number of para-hydroxylation sites is 2. The van der Waals surface area contributed by atoms with Gasteiger partial charge in [-0.3, -0.25) is 0 Å². The summed E-state index contributed by atoms with van der Waals surface area (Å²) in [4.78, 5) is 4.54. The highest BCUT2D eigenvalue weighted by Gasteiger charge is 2.21. The molecular weight excluding hydrogens is 310 g/mol. The van der Waals surface area contributed by atoms with Gasteiger partial charge in [-0.2, -0.15) is 0 Å². The first kappa shape index (κ1) is 15.7. The number of anilines is 1. The molecular formula is C17H21N3O2S. The number of hydrogen-bond acceptors (Lipinski definition) is 4. The molecule has 0 unspecified atom stereocenters. The van der Waals surface area contributed by atoms with Gasteiger partial charge in [0.2, 0.25) is 0 Å². The molecule has 3 rings (SSSR count). The number of ether oxygens (including phenoxy) is 1. The first-order chi connectivity index (χ1) is 11.3. The van der Waals surface area contributed by atoms with Crippen molar-refractivity contribution in [3.8, 4) is 5.75 Å². The first-order valence-electron chi connectivity index (χ1n) is 7.71. The third-order valence-corrected chi connectivity index (χ3v) is 4.39. The molecule has 1 aromatic heterocycles. The number of methoxy groups -OCH3 is 1. The van der Waals surface area contributed by atoms with Gasteiger partial charge in [0.25, 0.3) is 0 Å². The summed E-state index contributed by atoms with van der Waals surface area (Å²) in [6.07, 6.45) is 1.67. The summed E-state index contributed by atoms with van der Waals surface area (Å²) in [6.45, 7) is 4.24. The van der Waals surface area contributed by atoms with E-state index in [1.165, 1.54) is 0 Å². The van der Waals surface area contributed by atoms with Gasteiger partial charge in [-0.05, 0) is 36.5 Å². The maximum Gasteiger partial charge on any atom is 0.169 e. The smallest absolute Gasteiger partial charge is 0.169 e. The van der Waals surface area contributed by atoms with Crippen LogP contribution in [0.15, 0.2) is 47.1 Å². The Balaban J connectivity index is 1.52. The Bertz CT molecular complexity index is 637. The van der Waals surface area contributed by atoms with E-state index in [0.717, 1.165) is 48.5 Å². The largest absolute Gasteiger partial charge is 0.495 e. The minimum atomic E-state index is 0.624. The predicted octanol–water partition coefficient (Wildman–Crippen LogP) is 2.48. The van der Waals surface area contributed by atoms with Crippen molar-refractivity contribution in [3.63, 3.8) is 0 Å². The van der Waals surface area contributed by atoms with E-state index in [1.54, 1.807) is 13.4 Å². The van der Waals surface area contributed by atoms with Gasteiger partial charge in [0.15, 0.2) is 5.11 Å². The highest BCUT2D eigenvalue weighted by molar-refractivity contribution is 7.80. The molecule has 5 nitrogen and oxygen atoms in total. The van der Waals surface area contributed by atoms with Crippen molar-refractivity contribution in [2.75, 3.05) is 38.2 Å².